The summed E-state index contributed by atoms with van der Waals surface area (Å²) in [4.78, 5) is 21.1. The molecule has 0 saturated carbocycles. The van der Waals surface area contributed by atoms with Crippen molar-refractivity contribution < 1.29 is 24.2 Å². The first-order valence-corrected chi connectivity index (χ1v) is 5.03. The van der Waals surface area contributed by atoms with Crippen LogP contribution in [-0.4, -0.2) is 30.7 Å². The van der Waals surface area contributed by atoms with Gasteiger partial charge in [0.15, 0.2) is 6.61 Å². The Morgan fingerprint density at radius 2 is 2.17 bits per heavy atom. The average Bonchev–Trinajstić information content (AvgIpc) is 2.34. The van der Waals surface area contributed by atoms with Crippen LogP contribution in [0, 0.1) is 0 Å². The molecule has 0 aromatic heterocycles. The number of hydrogen-bond donors (Lipinski definition) is 2. The second kappa shape index (κ2) is 6.29. The van der Waals surface area contributed by atoms with E-state index in [2.05, 4.69) is 0 Å². The van der Waals surface area contributed by atoms with E-state index in [0.717, 1.165) is 6.08 Å². The van der Waals surface area contributed by atoms with Gasteiger partial charge in [-0.05, 0) is 18.2 Å². The smallest absolute Gasteiger partial charge is 0.328 e. The summed E-state index contributed by atoms with van der Waals surface area (Å²) in [5.41, 5.74) is 5.49. The lowest BCUT2D eigenvalue weighted by atomic mass is 10.1. The number of aliphatic carboxylic acids is 1. The molecular weight excluding hydrogens is 238 g/mol. The largest absolute Gasteiger partial charge is 0.497 e. The van der Waals surface area contributed by atoms with E-state index in [-0.39, 0.29) is 6.61 Å². The molecule has 0 aliphatic carbocycles. The standard InChI is InChI=1S/C12H13NO5/c1-17-9-4-2-8(3-5-12(15)16)10(6-9)18-7-11(13)14/h2-6H,7H2,1H3,(H2,13,14)(H,15,16)/b5-3+. The van der Waals surface area contributed by atoms with E-state index in [4.69, 9.17) is 20.3 Å². The minimum atomic E-state index is -1.08. The Morgan fingerprint density at radius 1 is 1.44 bits per heavy atom. The number of primary amides is 1. The van der Waals surface area contributed by atoms with E-state index >= 15 is 0 Å². The average molecular weight is 251 g/mol. The molecule has 0 bridgehead atoms. The quantitative estimate of drug-likeness (QED) is 0.723. The van der Waals surface area contributed by atoms with Gasteiger partial charge in [-0.15, -0.1) is 0 Å². The lowest BCUT2D eigenvalue weighted by Gasteiger charge is -2.09. The SMILES string of the molecule is COc1ccc(/C=C/C(=O)O)c(OCC(N)=O)c1. The second-order valence-electron chi connectivity index (χ2n) is 3.33. The monoisotopic (exact) mass is 251 g/mol. The molecule has 0 heterocycles. The number of hydrogen-bond acceptors (Lipinski definition) is 4. The summed E-state index contributed by atoms with van der Waals surface area (Å²) in [5, 5.41) is 8.56. The normalized spacial score (nSPS) is 10.3. The maximum atomic E-state index is 10.7. The van der Waals surface area contributed by atoms with Crippen LogP contribution in [0.4, 0.5) is 0 Å². The molecule has 1 amide bonds. The molecule has 0 radical (unpaired) electrons. The number of carboxylic acid groups (broad SMARTS) is 1. The summed E-state index contributed by atoms with van der Waals surface area (Å²) in [6, 6.07) is 4.82. The van der Waals surface area contributed by atoms with E-state index < -0.39 is 11.9 Å². The van der Waals surface area contributed by atoms with Crippen molar-refractivity contribution in [3.63, 3.8) is 0 Å². The van der Waals surface area contributed by atoms with Crippen molar-refractivity contribution in [2.75, 3.05) is 13.7 Å². The van der Waals surface area contributed by atoms with E-state index in [1.165, 1.54) is 13.2 Å². The van der Waals surface area contributed by atoms with E-state index in [0.29, 0.717) is 17.1 Å². The Hall–Kier alpha value is -2.50. The van der Waals surface area contributed by atoms with Crippen LogP contribution in [0.2, 0.25) is 0 Å². The molecule has 1 aromatic rings. The van der Waals surface area contributed by atoms with Crippen molar-refractivity contribution in [2.45, 2.75) is 0 Å². The number of amides is 1. The van der Waals surface area contributed by atoms with Crippen LogP contribution in [-0.2, 0) is 9.59 Å². The fourth-order valence-corrected chi connectivity index (χ4v) is 1.21. The summed E-state index contributed by atoms with van der Waals surface area (Å²) in [6.45, 7) is -0.291. The van der Waals surface area contributed by atoms with E-state index in [1.54, 1.807) is 18.2 Å². The van der Waals surface area contributed by atoms with Crippen molar-refractivity contribution >= 4 is 18.0 Å². The zero-order chi connectivity index (χ0) is 13.5. The van der Waals surface area contributed by atoms with Crippen molar-refractivity contribution in [1.29, 1.82) is 0 Å². The highest BCUT2D eigenvalue weighted by Crippen LogP contribution is 2.25. The summed E-state index contributed by atoms with van der Waals surface area (Å²) in [5.74, 6) is -0.842. The molecule has 3 N–H and O–H groups in total. The van der Waals surface area contributed by atoms with Crippen LogP contribution in [0.1, 0.15) is 5.56 Å². The molecule has 0 aliphatic heterocycles. The first-order valence-electron chi connectivity index (χ1n) is 5.03. The molecule has 0 unspecified atom stereocenters. The van der Waals surface area contributed by atoms with E-state index in [1.807, 2.05) is 0 Å². The number of rotatable bonds is 6. The molecule has 0 spiro atoms. The molecule has 0 atom stereocenters. The maximum absolute atomic E-state index is 10.7. The molecule has 0 saturated heterocycles. The van der Waals surface area contributed by atoms with Gasteiger partial charge in [0.05, 0.1) is 7.11 Å². The minimum Gasteiger partial charge on any atom is -0.497 e. The van der Waals surface area contributed by atoms with Crippen LogP contribution < -0.4 is 15.2 Å². The summed E-state index contributed by atoms with van der Waals surface area (Å²) < 4.78 is 10.2. The van der Waals surface area contributed by atoms with Crippen LogP contribution in [0.15, 0.2) is 24.3 Å². The maximum Gasteiger partial charge on any atom is 0.328 e. The summed E-state index contributed by atoms with van der Waals surface area (Å²) in [6.07, 6.45) is 2.33. The van der Waals surface area contributed by atoms with Gasteiger partial charge in [0.1, 0.15) is 11.5 Å². The molecule has 6 nitrogen and oxygen atoms in total. The van der Waals surface area contributed by atoms with Gasteiger partial charge in [0.25, 0.3) is 5.91 Å². The molecule has 6 heteroatoms. The third-order valence-electron chi connectivity index (χ3n) is 2.00. The first-order chi connectivity index (χ1) is 8.52. The van der Waals surface area contributed by atoms with Gasteiger partial charge in [-0.2, -0.15) is 0 Å². The molecule has 18 heavy (non-hydrogen) atoms. The van der Waals surface area contributed by atoms with Crippen LogP contribution in [0.5, 0.6) is 11.5 Å². The minimum absolute atomic E-state index is 0.291. The predicted octanol–water partition coefficient (Wildman–Crippen LogP) is 0.657. The van der Waals surface area contributed by atoms with E-state index in [9.17, 15) is 9.59 Å². The number of carbonyl (C=O) groups excluding carboxylic acids is 1. The Morgan fingerprint density at radius 3 is 2.72 bits per heavy atom. The summed E-state index contributed by atoms with van der Waals surface area (Å²) in [7, 11) is 1.49. The molecule has 0 fully saturated rings. The fraction of sp³-hybridized carbons (Fsp3) is 0.167. The number of ether oxygens (including phenoxy) is 2. The van der Waals surface area contributed by atoms with Crippen molar-refractivity contribution in [3.8, 4) is 11.5 Å². The number of nitrogens with two attached hydrogens (primary N) is 1. The van der Waals surface area contributed by atoms with Gasteiger partial charge in [-0.3, -0.25) is 4.79 Å². The van der Waals surface area contributed by atoms with Crippen molar-refractivity contribution in [2.24, 2.45) is 5.73 Å². The van der Waals surface area contributed by atoms with Crippen LogP contribution in [0.3, 0.4) is 0 Å². The van der Waals surface area contributed by atoms with Gasteiger partial charge < -0.3 is 20.3 Å². The zero-order valence-corrected chi connectivity index (χ0v) is 9.75. The number of benzene rings is 1. The number of carbonyl (C=O) groups is 2. The first kappa shape index (κ1) is 13.6. The third kappa shape index (κ3) is 4.17. The van der Waals surface area contributed by atoms with Gasteiger partial charge >= 0.3 is 5.97 Å². The zero-order valence-electron chi connectivity index (χ0n) is 9.75. The third-order valence-corrected chi connectivity index (χ3v) is 2.00. The number of carboxylic acids is 1. The molecule has 96 valence electrons. The highest BCUT2D eigenvalue weighted by atomic mass is 16.5. The highest BCUT2D eigenvalue weighted by molar-refractivity contribution is 5.86. The molecule has 1 aromatic carbocycles. The van der Waals surface area contributed by atoms with Gasteiger partial charge in [0, 0.05) is 17.7 Å². The van der Waals surface area contributed by atoms with Crippen LogP contribution in [0.25, 0.3) is 6.08 Å². The fourth-order valence-electron chi connectivity index (χ4n) is 1.21. The summed E-state index contributed by atoms with van der Waals surface area (Å²) >= 11 is 0. The Kier molecular flexibility index (Phi) is 4.74. The predicted molar refractivity (Wildman–Crippen MR) is 64.4 cm³/mol. The Bertz CT molecular complexity index is 481. The van der Waals surface area contributed by atoms with Crippen molar-refractivity contribution in [1.82, 2.24) is 0 Å². The van der Waals surface area contributed by atoms with Crippen molar-refractivity contribution in [3.05, 3.63) is 29.8 Å². The van der Waals surface area contributed by atoms with Crippen LogP contribution >= 0.6 is 0 Å². The van der Waals surface area contributed by atoms with Gasteiger partial charge in [0.2, 0.25) is 0 Å². The second-order valence-corrected chi connectivity index (χ2v) is 3.33. The molecule has 1 rings (SSSR count). The molecule has 0 aliphatic rings. The Balaban J connectivity index is 2.99. The lowest BCUT2D eigenvalue weighted by Crippen LogP contribution is -2.20. The van der Waals surface area contributed by atoms with Gasteiger partial charge in [-0.1, -0.05) is 0 Å². The Labute approximate surface area is 104 Å². The topological polar surface area (TPSA) is 98.8 Å². The highest BCUT2D eigenvalue weighted by Gasteiger charge is 2.05. The number of methoxy groups -OCH3 is 1. The molecular formula is C12H13NO5. The lowest BCUT2D eigenvalue weighted by molar-refractivity contribution is -0.131. The van der Waals surface area contributed by atoms with Gasteiger partial charge in [-0.25, -0.2) is 4.79 Å².